The Morgan fingerprint density at radius 2 is 2.04 bits per heavy atom. The molecule has 1 radical (unpaired) electrons. The van der Waals surface area contributed by atoms with Crippen LogP contribution in [0.4, 0.5) is 4.39 Å². The molecular formula is C18H25FN3O. The van der Waals surface area contributed by atoms with Crippen molar-refractivity contribution in [2.75, 3.05) is 0 Å². The number of benzene rings is 1. The van der Waals surface area contributed by atoms with Crippen LogP contribution >= 0.6 is 0 Å². The molecule has 1 aromatic carbocycles. The van der Waals surface area contributed by atoms with Gasteiger partial charge >= 0.3 is 0 Å². The summed E-state index contributed by atoms with van der Waals surface area (Å²) in [5.41, 5.74) is -0.0654. The van der Waals surface area contributed by atoms with Crippen molar-refractivity contribution in [3.05, 3.63) is 54.5 Å². The van der Waals surface area contributed by atoms with Gasteiger partial charge in [-0.1, -0.05) is 30.3 Å². The predicted octanol–water partition coefficient (Wildman–Crippen LogP) is 3.61. The van der Waals surface area contributed by atoms with Crippen LogP contribution in [0.25, 0.3) is 0 Å². The molecule has 0 saturated heterocycles. The first kappa shape index (κ1) is 17.6. The molecule has 0 aliphatic heterocycles. The van der Waals surface area contributed by atoms with Gasteiger partial charge in [0, 0.05) is 5.92 Å². The van der Waals surface area contributed by atoms with E-state index in [1.165, 1.54) is 6.33 Å². The van der Waals surface area contributed by atoms with Crippen LogP contribution in [0.3, 0.4) is 0 Å². The normalized spacial score (nSPS) is 14.6. The van der Waals surface area contributed by atoms with Gasteiger partial charge in [0.15, 0.2) is 0 Å². The van der Waals surface area contributed by atoms with Gasteiger partial charge in [-0.15, -0.1) is 10.2 Å². The second-order valence-corrected chi connectivity index (χ2v) is 6.56. The van der Waals surface area contributed by atoms with Crippen molar-refractivity contribution in [3.63, 3.8) is 0 Å². The first-order valence-electron chi connectivity index (χ1n) is 8.04. The van der Waals surface area contributed by atoms with Gasteiger partial charge in [-0.3, -0.25) is 0 Å². The molecule has 0 spiro atoms. The third-order valence-corrected chi connectivity index (χ3v) is 3.90. The number of nitrogens with zero attached hydrogens (tertiary/aromatic N) is 2. The number of halogens is 1. The molecule has 0 aliphatic carbocycles. The van der Waals surface area contributed by atoms with E-state index >= 15 is 0 Å². The van der Waals surface area contributed by atoms with Crippen LogP contribution in [0.1, 0.15) is 50.4 Å². The topological polar surface area (TPSA) is 61.8 Å². The van der Waals surface area contributed by atoms with E-state index in [1.807, 2.05) is 36.8 Å². The van der Waals surface area contributed by atoms with E-state index in [2.05, 4.69) is 15.2 Å². The van der Waals surface area contributed by atoms with Crippen LogP contribution in [0.15, 0.2) is 36.7 Å². The minimum absolute atomic E-state index is 0.0328. The highest BCUT2D eigenvalue weighted by Crippen LogP contribution is 2.29. The number of hydrogen-bond donors (Lipinski definition) is 2. The Labute approximate surface area is 137 Å². The zero-order valence-corrected chi connectivity index (χ0v) is 13.7. The van der Waals surface area contributed by atoms with Crippen LogP contribution in [-0.4, -0.2) is 32.1 Å². The highest BCUT2D eigenvalue weighted by atomic mass is 19.1. The first-order chi connectivity index (χ1) is 10.9. The molecule has 0 aliphatic rings. The summed E-state index contributed by atoms with van der Waals surface area (Å²) in [5.74, 6) is 0.677. The van der Waals surface area contributed by atoms with Gasteiger partial charge < -0.3 is 10.1 Å². The molecule has 0 bridgehead atoms. The Bertz CT molecular complexity index is 551. The highest BCUT2D eigenvalue weighted by Gasteiger charge is 2.24. The number of hydrogen-bond acceptors (Lipinski definition) is 3. The molecular weight excluding hydrogens is 293 g/mol. The second-order valence-electron chi connectivity index (χ2n) is 6.56. The maximum absolute atomic E-state index is 13.8. The van der Waals surface area contributed by atoms with Crippen LogP contribution in [0, 0.1) is 6.42 Å². The average molecular weight is 318 g/mol. The van der Waals surface area contributed by atoms with Crippen molar-refractivity contribution in [1.82, 2.24) is 15.2 Å². The Balaban J connectivity index is 1.88. The van der Waals surface area contributed by atoms with E-state index in [-0.39, 0.29) is 5.92 Å². The number of aromatic amines is 1. The third kappa shape index (κ3) is 6.48. The highest BCUT2D eigenvalue weighted by molar-refractivity contribution is 5.17. The molecule has 0 amide bonds. The lowest BCUT2D eigenvalue weighted by molar-refractivity contribution is 0.161. The van der Waals surface area contributed by atoms with E-state index in [0.717, 1.165) is 5.56 Å². The lowest BCUT2D eigenvalue weighted by Gasteiger charge is -2.21. The summed E-state index contributed by atoms with van der Waals surface area (Å²) in [6.45, 7) is 3.14. The lowest BCUT2D eigenvalue weighted by atomic mass is 9.89. The molecule has 0 fully saturated rings. The molecule has 2 atom stereocenters. The average Bonchev–Trinajstić information content (AvgIpc) is 3.04. The largest absolute Gasteiger partial charge is 0.393 e. The quantitative estimate of drug-likeness (QED) is 0.742. The fourth-order valence-corrected chi connectivity index (χ4v) is 2.57. The number of alkyl halides is 1. The summed E-state index contributed by atoms with van der Waals surface area (Å²) in [5, 5.41) is 18.1. The van der Waals surface area contributed by atoms with Crippen molar-refractivity contribution in [2.45, 2.75) is 57.2 Å². The molecule has 125 valence electrons. The Morgan fingerprint density at radius 1 is 1.30 bits per heavy atom. The molecule has 23 heavy (non-hydrogen) atoms. The maximum Gasteiger partial charge on any atom is 0.133 e. The Hall–Kier alpha value is -1.75. The number of aliphatic hydroxyl groups excluding tert-OH is 1. The first-order valence-corrected chi connectivity index (χ1v) is 8.04. The van der Waals surface area contributed by atoms with E-state index in [9.17, 15) is 9.50 Å². The van der Waals surface area contributed by atoms with Crippen molar-refractivity contribution in [2.24, 2.45) is 0 Å². The zero-order chi connectivity index (χ0) is 16.7. The predicted molar refractivity (Wildman–Crippen MR) is 88.6 cm³/mol. The van der Waals surface area contributed by atoms with Gasteiger partial charge in [0.2, 0.25) is 0 Å². The Kier molecular flexibility index (Phi) is 6.28. The van der Waals surface area contributed by atoms with Gasteiger partial charge in [0.25, 0.3) is 0 Å². The van der Waals surface area contributed by atoms with Gasteiger partial charge in [0.1, 0.15) is 17.8 Å². The Morgan fingerprint density at radius 3 is 2.65 bits per heavy atom. The summed E-state index contributed by atoms with van der Waals surface area (Å²) < 4.78 is 13.8. The second kappa shape index (κ2) is 8.20. The van der Waals surface area contributed by atoms with Gasteiger partial charge in [-0.05, 0) is 51.5 Å². The molecule has 0 saturated carbocycles. The van der Waals surface area contributed by atoms with E-state index in [0.29, 0.717) is 31.5 Å². The van der Waals surface area contributed by atoms with Crippen molar-refractivity contribution < 1.29 is 9.50 Å². The number of aromatic nitrogens is 3. The molecule has 2 unspecified atom stereocenters. The summed E-state index contributed by atoms with van der Waals surface area (Å²) in [6.07, 6.45) is 5.10. The maximum atomic E-state index is 13.8. The van der Waals surface area contributed by atoms with Crippen LogP contribution in [-0.2, 0) is 6.42 Å². The number of aliphatic hydroxyl groups is 1. The smallest absolute Gasteiger partial charge is 0.133 e. The number of H-pyrrole nitrogens is 1. The van der Waals surface area contributed by atoms with Crippen LogP contribution < -0.4 is 0 Å². The molecule has 2 N–H and O–H groups in total. The van der Waals surface area contributed by atoms with Gasteiger partial charge in [0.05, 0.1) is 6.10 Å². The zero-order valence-electron chi connectivity index (χ0n) is 13.7. The molecule has 1 heterocycles. The molecule has 2 aromatic rings. The lowest BCUT2D eigenvalue weighted by Crippen LogP contribution is -2.19. The van der Waals surface area contributed by atoms with Crippen LogP contribution in [0.2, 0.25) is 0 Å². The van der Waals surface area contributed by atoms with Crippen molar-refractivity contribution in [3.8, 4) is 0 Å². The third-order valence-electron chi connectivity index (χ3n) is 3.90. The van der Waals surface area contributed by atoms with Gasteiger partial charge in [-0.25, -0.2) is 4.39 Å². The van der Waals surface area contributed by atoms with E-state index in [1.54, 1.807) is 13.8 Å². The molecule has 4 nitrogen and oxygen atoms in total. The summed E-state index contributed by atoms with van der Waals surface area (Å²) in [6, 6.07) is 10.00. The number of rotatable bonds is 9. The van der Waals surface area contributed by atoms with Crippen molar-refractivity contribution in [1.29, 1.82) is 0 Å². The van der Waals surface area contributed by atoms with E-state index < -0.39 is 11.8 Å². The monoisotopic (exact) mass is 318 g/mol. The summed E-state index contributed by atoms with van der Waals surface area (Å²) in [4.78, 5) is 2.98. The van der Waals surface area contributed by atoms with Crippen molar-refractivity contribution >= 4 is 0 Å². The van der Waals surface area contributed by atoms with E-state index in [4.69, 9.17) is 0 Å². The molecule has 2 rings (SSSR count). The fraction of sp³-hybridized carbons (Fsp3) is 0.500. The van der Waals surface area contributed by atoms with Gasteiger partial charge in [-0.2, -0.15) is 0 Å². The molecule has 1 aromatic heterocycles. The fourth-order valence-electron chi connectivity index (χ4n) is 2.57. The minimum atomic E-state index is -1.23. The summed E-state index contributed by atoms with van der Waals surface area (Å²) in [7, 11) is 0. The summed E-state index contributed by atoms with van der Waals surface area (Å²) >= 11 is 0. The SMILES string of the molecule is CC(C)(F)CCC(CC(O)[CH]Cc1ccccc1)c1nnc[nH]1. The number of nitrogens with one attached hydrogen (secondary N) is 1. The van der Waals surface area contributed by atoms with Crippen LogP contribution in [0.5, 0.6) is 0 Å². The standard InChI is InChI=1S/C18H25FN3O/c1-18(2,19)11-10-15(17-20-13-21-22-17)12-16(23)9-8-14-6-4-3-5-7-14/h3-7,9,13,15-16,23H,8,10-12H2,1-2H3,(H,20,21,22). The molecule has 5 heteroatoms. The minimum Gasteiger partial charge on any atom is -0.393 e.